The average molecular weight is 1090 g/mol. The predicted molar refractivity (Wildman–Crippen MR) is 293 cm³/mol. The number of imide groups is 1. The van der Waals surface area contributed by atoms with Crippen molar-refractivity contribution in [2.24, 2.45) is 0 Å². The largest absolute Gasteiger partial charge is 0.489 e. The summed E-state index contributed by atoms with van der Waals surface area (Å²) in [6, 6.07) is 25.8. The summed E-state index contributed by atoms with van der Waals surface area (Å²) in [6.07, 6.45) is 1.30. The molecule has 4 aliphatic rings. The van der Waals surface area contributed by atoms with Gasteiger partial charge >= 0.3 is 6.09 Å². The van der Waals surface area contributed by atoms with Gasteiger partial charge < -0.3 is 53.7 Å². The fraction of sp³-hybridized carbons (Fsp3) is 0.500. The Bertz CT molecular complexity index is 2770. The number of hydrogen-bond acceptors (Lipinski definition) is 14. The van der Waals surface area contributed by atoms with E-state index in [9.17, 15) is 33.9 Å². The van der Waals surface area contributed by atoms with Gasteiger partial charge in [-0.1, -0.05) is 67.6 Å². The first-order valence-corrected chi connectivity index (χ1v) is 27.6. The highest BCUT2D eigenvalue weighted by molar-refractivity contribution is 6.05. The Hall–Kier alpha value is -6.90. The average Bonchev–Trinajstić information content (AvgIpc) is 4.16. The SMILES string of the molecule is CCN(CCCOCCN(CCOC)Cc1ccc(COc2cccc3c2CN(C2CCC(=O)NC2O)C3=O)cc1)CCCN(Cc1ccc(COc2cccc3c2CN(C2CCC(=O)NC2=O)C3=O)cc1)C(=O)OC(C)(C)C. The Morgan fingerprint density at radius 1 is 0.658 bits per heavy atom. The van der Waals surface area contributed by atoms with Crippen LogP contribution in [-0.4, -0.2) is 155 Å². The van der Waals surface area contributed by atoms with Crippen molar-refractivity contribution in [3.8, 4) is 11.5 Å². The van der Waals surface area contributed by atoms with Crippen LogP contribution >= 0.6 is 0 Å². The van der Waals surface area contributed by atoms with Crippen LogP contribution in [0.5, 0.6) is 11.5 Å². The first-order chi connectivity index (χ1) is 38.1. The van der Waals surface area contributed by atoms with Crippen LogP contribution in [0.15, 0.2) is 84.9 Å². The number of rotatable bonds is 27. The van der Waals surface area contributed by atoms with Crippen molar-refractivity contribution < 1.29 is 57.6 Å². The van der Waals surface area contributed by atoms with Crippen molar-refractivity contribution in [3.05, 3.63) is 129 Å². The molecule has 4 heterocycles. The Kier molecular flexibility index (Phi) is 20.1. The minimum Gasteiger partial charge on any atom is -0.489 e. The zero-order valence-electron chi connectivity index (χ0n) is 46.3. The number of methoxy groups -OCH3 is 1. The topological polar surface area (TPSA) is 209 Å². The van der Waals surface area contributed by atoms with Crippen LogP contribution in [0.3, 0.4) is 0 Å². The van der Waals surface area contributed by atoms with Gasteiger partial charge in [-0.3, -0.25) is 34.2 Å². The molecule has 3 N–H and O–H groups in total. The number of piperidine rings is 2. The van der Waals surface area contributed by atoms with E-state index in [0.717, 1.165) is 85.5 Å². The molecule has 6 amide bonds. The summed E-state index contributed by atoms with van der Waals surface area (Å²) in [5, 5.41) is 15.4. The van der Waals surface area contributed by atoms with E-state index in [1.807, 2.05) is 57.2 Å². The monoisotopic (exact) mass is 1090 g/mol. The van der Waals surface area contributed by atoms with Crippen LogP contribution in [0.1, 0.15) is 120 Å². The predicted octanol–water partition coefficient (Wildman–Crippen LogP) is 6.16. The molecule has 4 aromatic carbocycles. The van der Waals surface area contributed by atoms with Gasteiger partial charge in [0, 0.05) is 88.1 Å². The highest BCUT2D eigenvalue weighted by Crippen LogP contribution is 2.36. The van der Waals surface area contributed by atoms with E-state index < -0.39 is 29.8 Å². The fourth-order valence-corrected chi connectivity index (χ4v) is 10.5. The van der Waals surface area contributed by atoms with Crippen LogP contribution in [0, 0.1) is 0 Å². The standard InChI is InChI=1S/C60H77N7O12/c1-6-63(27-9-29-65(59(74)79-60(2,3)4)36-42-17-21-44(22-18-42)40-78-52-14-8-12-46-48(52)38-67(58(46)73)50-24-26-54(69)62-56(50)71)28-10-32-76-34-31-64(30-33-75-5)35-41-15-19-43(20-16-41)39-77-51-13-7-11-45-47(51)37-66(57(45)72)49-23-25-53(68)61-55(49)70/h7-8,11-22,49-50,55,70H,6,9-10,23-40H2,1-5H3,(H,61,68)(H,62,69,71). The highest BCUT2D eigenvalue weighted by atomic mass is 16.6. The molecule has 0 radical (unpaired) electrons. The summed E-state index contributed by atoms with van der Waals surface area (Å²) in [4.78, 5) is 85.8. The fourth-order valence-electron chi connectivity index (χ4n) is 10.5. The summed E-state index contributed by atoms with van der Waals surface area (Å²) in [7, 11) is 1.70. The molecule has 8 rings (SSSR count). The molecular formula is C60H77N7O12. The van der Waals surface area contributed by atoms with E-state index in [4.69, 9.17) is 23.7 Å². The summed E-state index contributed by atoms with van der Waals surface area (Å²) in [6.45, 7) is 16.3. The molecule has 0 bridgehead atoms. The molecule has 3 unspecified atom stereocenters. The number of fused-ring (bicyclic) bond motifs is 2. The van der Waals surface area contributed by atoms with Crippen molar-refractivity contribution in [1.82, 2.24) is 35.1 Å². The Labute approximate surface area is 463 Å². The van der Waals surface area contributed by atoms with Crippen molar-refractivity contribution in [1.29, 1.82) is 0 Å². The number of benzene rings is 4. The number of nitrogens with zero attached hydrogens (tertiary/aromatic N) is 5. The highest BCUT2D eigenvalue weighted by Gasteiger charge is 2.42. The van der Waals surface area contributed by atoms with Crippen LogP contribution in [-0.2, 0) is 68.0 Å². The second-order valence-corrected chi connectivity index (χ2v) is 21.7. The van der Waals surface area contributed by atoms with Gasteiger partial charge in [0.25, 0.3) is 11.8 Å². The van der Waals surface area contributed by atoms with Gasteiger partial charge in [0.15, 0.2) is 0 Å². The second kappa shape index (κ2) is 27.3. The normalized spacial score (nSPS) is 18.2. The summed E-state index contributed by atoms with van der Waals surface area (Å²) >= 11 is 0. The van der Waals surface area contributed by atoms with Gasteiger partial charge in [-0.15, -0.1) is 0 Å². The van der Waals surface area contributed by atoms with E-state index >= 15 is 0 Å². The molecule has 4 aromatic rings. The van der Waals surface area contributed by atoms with E-state index in [0.29, 0.717) is 75.1 Å². The number of nitrogens with one attached hydrogen (secondary N) is 2. The lowest BCUT2D eigenvalue weighted by molar-refractivity contribution is -0.137. The lowest BCUT2D eigenvalue weighted by Crippen LogP contribution is -2.55. The smallest absolute Gasteiger partial charge is 0.410 e. The molecule has 0 aliphatic carbocycles. The van der Waals surface area contributed by atoms with Gasteiger partial charge in [-0.25, -0.2) is 4.79 Å². The third-order valence-corrected chi connectivity index (χ3v) is 14.8. The molecular weight excluding hydrogens is 1010 g/mol. The van der Waals surface area contributed by atoms with Crippen LogP contribution in [0.4, 0.5) is 4.79 Å². The van der Waals surface area contributed by atoms with Crippen molar-refractivity contribution in [2.45, 2.75) is 130 Å². The number of hydrogen-bond donors (Lipinski definition) is 3. The van der Waals surface area contributed by atoms with Gasteiger partial charge in [0.1, 0.15) is 42.6 Å². The quantitative estimate of drug-likeness (QED) is 0.0452. The van der Waals surface area contributed by atoms with Crippen molar-refractivity contribution in [2.75, 3.05) is 66.2 Å². The Morgan fingerprint density at radius 3 is 1.82 bits per heavy atom. The number of aliphatic hydroxyl groups excluding tert-OH is 1. The number of aliphatic hydroxyl groups is 1. The lowest BCUT2D eigenvalue weighted by atomic mass is 10.0. The Balaban J connectivity index is 0.745. The maximum atomic E-state index is 13.5. The number of carbonyl (C=O) groups excluding carboxylic acids is 6. The van der Waals surface area contributed by atoms with Crippen molar-refractivity contribution in [3.63, 3.8) is 0 Å². The zero-order chi connectivity index (χ0) is 56.1. The zero-order valence-corrected chi connectivity index (χ0v) is 46.3. The summed E-state index contributed by atoms with van der Waals surface area (Å²) in [5.74, 6) is -0.231. The summed E-state index contributed by atoms with van der Waals surface area (Å²) in [5.41, 5.74) is 5.90. The lowest BCUT2D eigenvalue weighted by Gasteiger charge is -2.35. The van der Waals surface area contributed by atoms with Crippen molar-refractivity contribution >= 4 is 35.6 Å². The van der Waals surface area contributed by atoms with Gasteiger partial charge in [-0.2, -0.15) is 0 Å². The third-order valence-electron chi connectivity index (χ3n) is 14.8. The van der Waals surface area contributed by atoms with Gasteiger partial charge in [0.05, 0.1) is 32.3 Å². The van der Waals surface area contributed by atoms with Crippen LogP contribution in [0.2, 0.25) is 0 Å². The first-order valence-electron chi connectivity index (χ1n) is 27.6. The number of carbonyl (C=O) groups is 6. The van der Waals surface area contributed by atoms with E-state index in [1.165, 1.54) is 4.90 Å². The number of amides is 6. The molecule has 2 saturated heterocycles. The van der Waals surface area contributed by atoms with E-state index in [-0.39, 0.29) is 62.1 Å². The molecule has 0 aromatic heterocycles. The van der Waals surface area contributed by atoms with E-state index in [1.54, 1.807) is 41.2 Å². The molecule has 424 valence electrons. The summed E-state index contributed by atoms with van der Waals surface area (Å²) < 4.78 is 29.9. The maximum absolute atomic E-state index is 13.5. The van der Waals surface area contributed by atoms with Gasteiger partial charge in [0.2, 0.25) is 17.7 Å². The molecule has 3 atom stereocenters. The van der Waals surface area contributed by atoms with E-state index in [2.05, 4.69) is 51.6 Å². The third kappa shape index (κ3) is 15.7. The molecule has 2 fully saturated rings. The maximum Gasteiger partial charge on any atom is 0.410 e. The molecule has 0 saturated carbocycles. The first kappa shape index (κ1) is 58.3. The molecule has 19 nitrogen and oxygen atoms in total. The molecule has 19 heteroatoms. The van der Waals surface area contributed by atoms with Gasteiger partial charge in [-0.05, 0) is 106 Å². The molecule has 79 heavy (non-hydrogen) atoms. The Morgan fingerprint density at radius 2 is 1.23 bits per heavy atom. The minimum atomic E-state index is -1.10. The van der Waals surface area contributed by atoms with Crippen LogP contribution in [0.25, 0.3) is 0 Å². The molecule has 0 spiro atoms. The van der Waals surface area contributed by atoms with Crippen LogP contribution < -0.4 is 20.1 Å². The second-order valence-electron chi connectivity index (χ2n) is 21.7. The molecule has 4 aliphatic heterocycles. The number of ether oxygens (including phenoxy) is 5. The minimum absolute atomic E-state index is 0.173.